The number of primary amides is 1. The molecule has 0 aliphatic heterocycles. The lowest BCUT2D eigenvalue weighted by molar-refractivity contribution is -0.119. The van der Waals surface area contributed by atoms with Crippen molar-refractivity contribution < 1.29 is 14.4 Å². The molecule has 0 saturated carbocycles. The molecule has 0 bridgehead atoms. The molecule has 0 aliphatic carbocycles. The fourth-order valence-corrected chi connectivity index (χ4v) is 2.75. The van der Waals surface area contributed by atoms with Crippen LogP contribution >= 0.6 is 15.9 Å². The molecule has 0 unspecified atom stereocenters. The topological polar surface area (TPSA) is 101 Å². The van der Waals surface area contributed by atoms with E-state index < -0.39 is 17.9 Å². The highest BCUT2D eigenvalue weighted by Crippen LogP contribution is 2.14. The molecule has 2 aromatic carbocycles. The van der Waals surface area contributed by atoms with Crippen LogP contribution in [0.5, 0.6) is 0 Å². The van der Waals surface area contributed by atoms with Gasteiger partial charge in [-0.05, 0) is 35.9 Å². The van der Waals surface area contributed by atoms with Crippen molar-refractivity contribution in [3.8, 4) is 0 Å². The van der Waals surface area contributed by atoms with E-state index in [4.69, 9.17) is 5.73 Å². The first-order valence-electron chi connectivity index (χ1n) is 7.57. The van der Waals surface area contributed by atoms with Crippen LogP contribution in [0.1, 0.15) is 22.8 Å². The fourth-order valence-electron chi connectivity index (χ4n) is 2.31. The highest BCUT2D eigenvalue weighted by molar-refractivity contribution is 9.10. The number of carbonyl (C=O) groups is 3. The highest BCUT2D eigenvalue weighted by Gasteiger charge is 2.19. The van der Waals surface area contributed by atoms with Crippen LogP contribution in [0.15, 0.2) is 53.0 Å². The predicted octanol–water partition coefficient (Wildman–Crippen LogP) is 2.23. The van der Waals surface area contributed by atoms with Gasteiger partial charge in [0.1, 0.15) is 6.04 Å². The third-order valence-corrected chi connectivity index (χ3v) is 3.92. The second-order valence-electron chi connectivity index (χ2n) is 5.52. The van der Waals surface area contributed by atoms with Crippen LogP contribution in [0.2, 0.25) is 0 Å². The molecule has 0 heterocycles. The van der Waals surface area contributed by atoms with Gasteiger partial charge in [-0.2, -0.15) is 0 Å². The Morgan fingerprint density at radius 3 is 2.48 bits per heavy atom. The third-order valence-electron chi connectivity index (χ3n) is 3.42. The number of carbonyl (C=O) groups excluding carboxylic acids is 3. The van der Waals surface area contributed by atoms with Crippen molar-refractivity contribution in [2.75, 3.05) is 5.32 Å². The fraction of sp³-hybridized carbons (Fsp3) is 0.167. The zero-order valence-electron chi connectivity index (χ0n) is 13.6. The van der Waals surface area contributed by atoms with Gasteiger partial charge in [0.2, 0.25) is 11.8 Å². The molecule has 7 heteroatoms. The van der Waals surface area contributed by atoms with Gasteiger partial charge in [-0.25, -0.2) is 0 Å². The molecule has 6 nitrogen and oxygen atoms in total. The van der Waals surface area contributed by atoms with Gasteiger partial charge >= 0.3 is 0 Å². The van der Waals surface area contributed by atoms with Crippen LogP contribution in [-0.4, -0.2) is 23.8 Å². The molecule has 2 rings (SSSR count). The van der Waals surface area contributed by atoms with E-state index in [-0.39, 0.29) is 12.3 Å². The largest absolute Gasteiger partial charge is 0.368 e. The lowest BCUT2D eigenvalue weighted by Crippen LogP contribution is -2.45. The van der Waals surface area contributed by atoms with E-state index in [2.05, 4.69) is 26.6 Å². The Balaban J connectivity index is 2.12. The van der Waals surface area contributed by atoms with Crippen molar-refractivity contribution in [2.24, 2.45) is 5.73 Å². The normalized spacial score (nSPS) is 11.4. The maximum Gasteiger partial charge on any atom is 0.252 e. The molecule has 130 valence electrons. The van der Waals surface area contributed by atoms with Gasteiger partial charge in [0.15, 0.2) is 0 Å². The molecule has 2 aromatic rings. The van der Waals surface area contributed by atoms with Crippen LogP contribution in [0.4, 0.5) is 5.69 Å². The lowest BCUT2D eigenvalue weighted by Gasteiger charge is -2.16. The predicted molar refractivity (Wildman–Crippen MR) is 99.0 cm³/mol. The number of nitrogens with two attached hydrogens (primary N) is 1. The first-order chi connectivity index (χ1) is 11.8. The van der Waals surface area contributed by atoms with Gasteiger partial charge in [-0.3, -0.25) is 14.4 Å². The summed E-state index contributed by atoms with van der Waals surface area (Å²) >= 11 is 3.37. The van der Waals surface area contributed by atoms with Crippen LogP contribution in [-0.2, 0) is 16.0 Å². The summed E-state index contributed by atoms with van der Waals surface area (Å²) in [5, 5.41) is 5.25. The summed E-state index contributed by atoms with van der Waals surface area (Å²) in [6, 6.07) is 13.0. The molecule has 3 amide bonds. The number of hydrogen-bond donors (Lipinski definition) is 3. The number of benzene rings is 2. The van der Waals surface area contributed by atoms with Gasteiger partial charge in [-0.1, -0.05) is 34.1 Å². The van der Waals surface area contributed by atoms with Crippen LogP contribution in [0.25, 0.3) is 0 Å². The van der Waals surface area contributed by atoms with Crippen molar-refractivity contribution in [3.63, 3.8) is 0 Å². The minimum atomic E-state index is -0.841. The Bertz CT molecular complexity index is 808. The number of anilines is 1. The molecule has 25 heavy (non-hydrogen) atoms. The van der Waals surface area contributed by atoms with Gasteiger partial charge in [0, 0.05) is 29.1 Å². The van der Waals surface area contributed by atoms with Gasteiger partial charge in [0.25, 0.3) is 5.91 Å². The van der Waals surface area contributed by atoms with Gasteiger partial charge in [0.05, 0.1) is 0 Å². The Kier molecular flexibility index (Phi) is 6.30. The van der Waals surface area contributed by atoms with Crippen molar-refractivity contribution in [1.82, 2.24) is 5.32 Å². The summed E-state index contributed by atoms with van der Waals surface area (Å²) in [5.41, 5.74) is 7.12. The Morgan fingerprint density at radius 1 is 1.12 bits per heavy atom. The Morgan fingerprint density at radius 2 is 1.84 bits per heavy atom. The SMILES string of the molecule is CC(=O)Nc1cccc(C(=O)N[C@@H](Cc2cccc(Br)c2)C(N)=O)c1. The summed E-state index contributed by atoms with van der Waals surface area (Å²) in [6.07, 6.45) is 0.284. The number of hydrogen-bond acceptors (Lipinski definition) is 3. The van der Waals surface area contributed by atoms with Crippen molar-refractivity contribution in [2.45, 2.75) is 19.4 Å². The van der Waals surface area contributed by atoms with Crippen LogP contribution < -0.4 is 16.4 Å². The van der Waals surface area contributed by atoms with Crippen LogP contribution in [0, 0.1) is 0 Å². The first-order valence-corrected chi connectivity index (χ1v) is 8.36. The Labute approximate surface area is 153 Å². The summed E-state index contributed by atoms with van der Waals surface area (Å²) in [5.74, 6) is -1.29. The maximum atomic E-state index is 12.4. The smallest absolute Gasteiger partial charge is 0.252 e. The average Bonchev–Trinajstić information content (AvgIpc) is 2.53. The number of amides is 3. The minimum Gasteiger partial charge on any atom is -0.368 e. The number of nitrogens with one attached hydrogen (secondary N) is 2. The maximum absolute atomic E-state index is 12.4. The van der Waals surface area contributed by atoms with Crippen molar-refractivity contribution in [3.05, 3.63) is 64.1 Å². The molecular formula is C18H18BrN3O3. The zero-order chi connectivity index (χ0) is 18.4. The second-order valence-corrected chi connectivity index (χ2v) is 6.44. The molecule has 0 fully saturated rings. The molecule has 0 aliphatic rings. The molecular weight excluding hydrogens is 386 g/mol. The standard InChI is InChI=1S/C18H18BrN3O3/c1-11(23)21-15-7-3-5-13(10-15)18(25)22-16(17(20)24)9-12-4-2-6-14(19)8-12/h2-8,10,16H,9H2,1H3,(H2,20,24)(H,21,23)(H,22,25)/t16-/m0/s1. The third kappa shape index (κ3) is 5.72. The van der Waals surface area contributed by atoms with Gasteiger partial charge in [-0.15, -0.1) is 0 Å². The molecule has 0 spiro atoms. The Hall–Kier alpha value is -2.67. The van der Waals surface area contributed by atoms with Crippen molar-refractivity contribution >= 4 is 39.3 Å². The lowest BCUT2D eigenvalue weighted by atomic mass is 10.0. The van der Waals surface area contributed by atoms with E-state index in [0.29, 0.717) is 11.3 Å². The average molecular weight is 404 g/mol. The summed E-state index contributed by atoms with van der Waals surface area (Å²) in [4.78, 5) is 35.2. The van der Waals surface area contributed by atoms with E-state index in [9.17, 15) is 14.4 Å². The van der Waals surface area contributed by atoms with Crippen LogP contribution in [0.3, 0.4) is 0 Å². The van der Waals surface area contributed by atoms with E-state index in [0.717, 1.165) is 10.0 Å². The van der Waals surface area contributed by atoms with Crippen molar-refractivity contribution in [1.29, 1.82) is 0 Å². The molecule has 1 atom stereocenters. The quantitative estimate of drug-likeness (QED) is 0.688. The van der Waals surface area contributed by atoms with E-state index in [1.165, 1.54) is 13.0 Å². The van der Waals surface area contributed by atoms with E-state index in [1.807, 2.05) is 24.3 Å². The second kappa shape index (κ2) is 8.43. The van der Waals surface area contributed by atoms with E-state index in [1.54, 1.807) is 18.2 Å². The minimum absolute atomic E-state index is 0.234. The number of halogens is 1. The summed E-state index contributed by atoms with van der Waals surface area (Å²) in [7, 11) is 0. The molecule has 0 aromatic heterocycles. The first kappa shape index (κ1) is 18.7. The number of rotatable bonds is 6. The summed E-state index contributed by atoms with van der Waals surface area (Å²) in [6.45, 7) is 1.38. The van der Waals surface area contributed by atoms with E-state index >= 15 is 0 Å². The summed E-state index contributed by atoms with van der Waals surface area (Å²) < 4.78 is 0.877. The molecule has 4 N–H and O–H groups in total. The molecule has 0 saturated heterocycles. The molecule has 0 radical (unpaired) electrons. The highest BCUT2D eigenvalue weighted by atomic mass is 79.9. The zero-order valence-corrected chi connectivity index (χ0v) is 15.2. The monoisotopic (exact) mass is 403 g/mol. The van der Waals surface area contributed by atoms with Gasteiger partial charge < -0.3 is 16.4 Å².